The molecule has 0 saturated carbocycles. The molecule has 5 rings (SSSR count). The zero-order valence-corrected chi connectivity index (χ0v) is 34.9. The number of ether oxygens (including phenoxy) is 4. The third kappa shape index (κ3) is 9.24. The van der Waals surface area contributed by atoms with Crippen LogP contribution in [0.15, 0.2) is 94.6 Å². The lowest BCUT2D eigenvalue weighted by Gasteiger charge is -2.47. The summed E-state index contributed by atoms with van der Waals surface area (Å²) in [5, 5.41) is 2.09. The average molecular weight is 776 g/mol. The van der Waals surface area contributed by atoms with Gasteiger partial charge in [0.1, 0.15) is 29.4 Å². The lowest BCUT2D eigenvalue weighted by molar-refractivity contribution is -0.0930. The van der Waals surface area contributed by atoms with Crippen molar-refractivity contribution >= 4 is 8.45 Å². The minimum Gasteiger partial charge on any atom is -0.497 e. The van der Waals surface area contributed by atoms with E-state index in [2.05, 4.69) is 73.1 Å². The molecule has 0 bridgehead atoms. The fourth-order valence-electron chi connectivity index (χ4n) is 7.35. The van der Waals surface area contributed by atoms with Gasteiger partial charge in [-0.3, -0.25) is 14.3 Å². The highest BCUT2D eigenvalue weighted by atomic mass is 31.2. The van der Waals surface area contributed by atoms with Crippen molar-refractivity contribution in [3.8, 4) is 11.5 Å². The van der Waals surface area contributed by atoms with Crippen LogP contribution in [-0.2, 0) is 19.6 Å². The number of aromatic nitrogens is 2. The Hall–Kier alpha value is -3.87. The highest BCUT2D eigenvalue weighted by Gasteiger charge is 2.46. The number of H-pyrrole nitrogens is 1. The number of hydrogen-bond donors (Lipinski definition) is 1. The van der Waals surface area contributed by atoms with Crippen LogP contribution in [0.5, 0.6) is 11.5 Å². The topological polar surface area (TPSA) is 111 Å². The zero-order valence-electron chi connectivity index (χ0n) is 34.1. The number of aromatic amines is 1. The largest absolute Gasteiger partial charge is 0.497 e. The molecule has 4 atom stereocenters. The molecule has 4 aromatic rings. The van der Waals surface area contributed by atoms with Gasteiger partial charge >= 0.3 is 5.69 Å². The van der Waals surface area contributed by atoms with Crippen LogP contribution in [0.4, 0.5) is 0 Å². The number of nitrogens with one attached hydrogen (secondary N) is 1. The minimum atomic E-state index is -1.39. The van der Waals surface area contributed by atoms with Crippen LogP contribution in [0.1, 0.15) is 76.4 Å². The number of benzene rings is 3. The number of hydrogen-bond acceptors (Lipinski definition) is 10. The monoisotopic (exact) mass is 775 g/mol. The van der Waals surface area contributed by atoms with Gasteiger partial charge in [0.15, 0.2) is 0 Å². The van der Waals surface area contributed by atoms with E-state index < -0.39 is 43.7 Å². The summed E-state index contributed by atoms with van der Waals surface area (Å²) < 4.78 is 38.7. The lowest BCUT2D eigenvalue weighted by atomic mass is 9.80. The summed E-state index contributed by atoms with van der Waals surface area (Å²) in [5.74, 6) is 1.45. The molecule has 0 radical (unpaired) electrons. The van der Waals surface area contributed by atoms with Gasteiger partial charge in [-0.05, 0) is 89.4 Å². The Morgan fingerprint density at radius 2 is 1.35 bits per heavy atom. The average Bonchev–Trinajstić information content (AvgIpc) is 3.55. The van der Waals surface area contributed by atoms with Crippen LogP contribution in [0.2, 0.25) is 0 Å². The minimum absolute atomic E-state index is 0.0986. The molecule has 2 unspecified atom stereocenters. The standard InChI is InChI=1S/C42H58N5O7P/c1-28(2)46(29(3)4)55(47(30(5)6)44(8)9)54-37-25-39(45-26-31(7)40(48)43-41(45)49)53-38(37)27-52-42(32-15-13-12-14-16-32,33-17-21-35(50-10)22-18-33)34-19-23-36(51-11)24-20-34/h12-24,26,28-30,37-39H,25,27H2,1-11H3,(H,43,48,49)/t37?,38-,39-,55?/m1/s1. The smallest absolute Gasteiger partial charge is 0.330 e. The first kappa shape index (κ1) is 42.3. The van der Waals surface area contributed by atoms with Crippen LogP contribution < -0.4 is 20.7 Å². The summed E-state index contributed by atoms with van der Waals surface area (Å²) in [6.45, 7) is 14.8. The number of rotatable bonds is 17. The quantitative estimate of drug-likeness (QED) is 0.0679. The molecule has 298 valence electrons. The third-order valence-corrected chi connectivity index (χ3v) is 12.8. The molecular weight excluding hydrogens is 717 g/mol. The van der Waals surface area contributed by atoms with Gasteiger partial charge in [0.05, 0.1) is 26.9 Å². The predicted octanol–water partition coefficient (Wildman–Crippen LogP) is 7.08. The Kier molecular flexibility index (Phi) is 14.1. The second kappa shape index (κ2) is 18.4. The van der Waals surface area contributed by atoms with E-state index >= 15 is 0 Å². The Morgan fingerprint density at radius 1 is 0.818 bits per heavy atom. The van der Waals surface area contributed by atoms with Gasteiger partial charge in [-0.25, -0.2) is 14.5 Å². The summed E-state index contributed by atoms with van der Waals surface area (Å²) in [5.41, 5.74) is 1.03. The van der Waals surface area contributed by atoms with E-state index in [-0.39, 0.29) is 24.7 Å². The van der Waals surface area contributed by atoms with E-state index in [0.29, 0.717) is 12.0 Å². The van der Waals surface area contributed by atoms with E-state index in [4.69, 9.17) is 23.5 Å². The fourth-order valence-corrected chi connectivity index (χ4v) is 9.72. The van der Waals surface area contributed by atoms with Gasteiger partial charge in [-0.2, -0.15) is 4.78 Å². The molecule has 13 heteroatoms. The molecule has 12 nitrogen and oxygen atoms in total. The summed E-state index contributed by atoms with van der Waals surface area (Å²) in [7, 11) is 5.97. The molecule has 1 aromatic heterocycles. The molecule has 1 aliphatic rings. The first-order valence-electron chi connectivity index (χ1n) is 18.9. The third-order valence-electron chi connectivity index (χ3n) is 9.81. The van der Waals surface area contributed by atoms with Crippen molar-refractivity contribution in [3.63, 3.8) is 0 Å². The van der Waals surface area contributed by atoms with Crippen molar-refractivity contribution in [1.82, 2.24) is 24.0 Å². The van der Waals surface area contributed by atoms with E-state index in [1.165, 1.54) is 4.57 Å². The van der Waals surface area contributed by atoms with E-state index in [9.17, 15) is 9.59 Å². The lowest BCUT2D eigenvalue weighted by Crippen LogP contribution is -2.47. The van der Waals surface area contributed by atoms with E-state index in [1.807, 2.05) is 80.8 Å². The Morgan fingerprint density at radius 3 is 1.82 bits per heavy atom. The highest BCUT2D eigenvalue weighted by Crippen LogP contribution is 2.53. The van der Waals surface area contributed by atoms with Crippen LogP contribution in [0, 0.1) is 6.92 Å². The molecule has 1 aliphatic heterocycles. The van der Waals surface area contributed by atoms with Crippen molar-refractivity contribution in [1.29, 1.82) is 0 Å². The van der Waals surface area contributed by atoms with Crippen LogP contribution in [-0.4, -0.2) is 89.3 Å². The molecular formula is C42H58N5O7P. The zero-order chi connectivity index (χ0) is 40.0. The van der Waals surface area contributed by atoms with Crippen LogP contribution in [0.25, 0.3) is 0 Å². The SMILES string of the molecule is COc1ccc(C(OC[C@H]2O[C@@H](n3cc(C)c(=O)[nH]c3=O)CC2OP(N(C(C)C)C(C)C)N(C(C)C)N(C)C)(c2ccccc2)c2ccc(OC)cc2)cc1. The predicted molar refractivity (Wildman–Crippen MR) is 217 cm³/mol. The number of methoxy groups -OCH3 is 2. The maximum absolute atomic E-state index is 13.3. The van der Waals surface area contributed by atoms with Crippen LogP contribution >= 0.6 is 8.45 Å². The Bertz CT molecular complexity index is 1850. The number of hydrazine groups is 1. The van der Waals surface area contributed by atoms with Crippen molar-refractivity contribution in [2.45, 2.75) is 97.0 Å². The molecule has 3 aromatic carbocycles. The summed E-state index contributed by atoms with van der Waals surface area (Å²) in [4.78, 5) is 28.1. The fraction of sp³-hybridized carbons (Fsp3) is 0.476. The van der Waals surface area contributed by atoms with Gasteiger partial charge in [-0.1, -0.05) is 54.6 Å². The first-order chi connectivity index (χ1) is 26.2. The second-order valence-corrected chi connectivity index (χ2v) is 16.5. The molecule has 1 fully saturated rings. The molecule has 0 aliphatic carbocycles. The van der Waals surface area contributed by atoms with E-state index in [0.717, 1.165) is 28.2 Å². The number of aryl methyl sites for hydroxylation is 1. The van der Waals surface area contributed by atoms with Crippen molar-refractivity contribution in [2.75, 3.05) is 34.9 Å². The molecule has 2 heterocycles. The normalized spacial score (nSPS) is 18.3. The summed E-state index contributed by atoms with van der Waals surface area (Å²) in [6, 6.07) is 26.4. The van der Waals surface area contributed by atoms with Gasteiger partial charge < -0.3 is 23.5 Å². The molecule has 0 amide bonds. The highest BCUT2D eigenvalue weighted by molar-refractivity contribution is 7.47. The van der Waals surface area contributed by atoms with Crippen molar-refractivity contribution < 1.29 is 23.5 Å². The Balaban J connectivity index is 1.65. The number of nitrogens with zero attached hydrogens (tertiary/aromatic N) is 4. The first-order valence-corrected chi connectivity index (χ1v) is 20.1. The molecule has 1 saturated heterocycles. The Labute approximate surface area is 326 Å². The molecule has 0 spiro atoms. The van der Waals surface area contributed by atoms with Gasteiger partial charge in [0.2, 0.25) is 8.45 Å². The van der Waals surface area contributed by atoms with Crippen LogP contribution in [0.3, 0.4) is 0 Å². The summed E-state index contributed by atoms with van der Waals surface area (Å²) in [6.07, 6.45) is 0.0744. The second-order valence-electron chi connectivity index (χ2n) is 14.9. The van der Waals surface area contributed by atoms with Crippen molar-refractivity contribution in [2.24, 2.45) is 0 Å². The molecule has 1 N–H and O–H groups in total. The maximum atomic E-state index is 13.3. The van der Waals surface area contributed by atoms with Crippen molar-refractivity contribution in [3.05, 3.63) is 128 Å². The van der Waals surface area contributed by atoms with E-state index in [1.54, 1.807) is 27.3 Å². The summed E-state index contributed by atoms with van der Waals surface area (Å²) >= 11 is 0. The van der Waals surface area contributed by atoms with Gasteiger partial charge in [0, 0.05) is 50.4 Å². The maximum Gasteiger partial charge on any atom is 0.330 e. The van der Waals surface area contributed by atoms with Gasteiger partial charge in [0.25, 0.3) is 5.56 Å². The molecule has 55 heavy (non-hydrogen) atoms. The van der Waals surface area contributed by atoms with Gasteiger partial charge in [-0.15, -0.1) is 0 Å².